The largest absolute Gasteiger partial charge is 0.400 e. The van der Waals surface area contributed by atoms with Gasteiger partial charge in [0.2, 0.25) is 0 Å². The van der Waals surface area contributed by atoms with Crippen LogP contribution in [0.5, 0.6) is 0 Å². The van der Waals surface area contributed by atoms with Crippen molar-refractivity contribution < 1.29 is 14.3 Å². The molecule has 0 fully saturated rings. The van der Waals surface area contributed by atoms with E-state index in [4.69, 9.17) is 5.11 Å². The molecule has 2 aromatic carbocycles. The smallest absolute Gasteiger partial charge is 0.159 e. The SMILES string of the molecule is CC.CCCCCCCC.CCc1ccc(C2=NN=C(Sc3c(C)cc(C(C)=O)cc3F)C2)cc1.CO. The molecule has 0 aromatic heterocycles. The topological polar surface area (TPSA) is 62.0 Å². The molecule has 1 heterocycles. The number of aliphatic hydroxyl groups excluding tert-OH is 1. The Morgan fingerprint density at radius 3 is 1.97 bits per heavy atom. The highest BCUT2D eigenvalue weighted by molar-refractivity contribution is 8.14. The number of benzene rings is 2. The zero-order valence-corrected chi connectivity index (χ0v) is 25.0. The summed E-state index contributed by atoms with van der Waals surface area (Å²) in [4.78, 5) is 11.9. The molecule has 2 aromatic rings. The average Bonchev–Trinajstić information content (AvgIpc) is 3.40. The number of unbranched alkanes of at least 4 members (excludes halogenated alkanes) is 5. The van der Waals surface area contributed by atoms with E-state index in [2.05, 4.69) is 43.1 Å². The second kappa shape index (κ2) is 20.7. The first-order valence-corrected chi connectivity index (χ1v) is 14.4. The first-order valence-electron chi connectivity index (χ1n) is 13.6. The van der Waals surface area contributed by atoms with Crippen LogP contribution in [-0.2, 0) is 6.42 Å². The van der Waals surface area contributed by atoms with Gasteiger partial charge in [0.25, 0.3) is 0 Å². The third-order valence-corrected chi connectivity index (χ3v) is 6.79. The highest BCUT2D eigenvalue weighted by Crippen LogP contribution is 2.31. The number of hydrogen-bond donors (Lipinski definition) is 1. The molecule has 0 aliphatic carbocycles. The molecule has 37 heavy (non-hydrogen) atoms. The number of ketones is 1. The van der Waals surface area contributed by atoms with Gasteiger partial charge in [-0.3, -0.25) is 4.79 Å². The van der Waals surface area contributed by atoms with E-state index in [-0.39, 0.29) is 5.78 Å². The van der Waals surface area contributed by atoms with Crippen molar-refractivity contribution in [3.8, 4) is 0 Å². The highest BCUT2D eigenvalue weighted by atomic mass is 32.2. The fraction of sp³-hybridized carbons (Fsp3) is 0.516. The van der Waals surface area contributed by atoms with Gasteiger partial charge < -0.3 is 5.11 Å². The van der Waals surface area contributed by atoms with Gasteiger partial charge in [-0.05, 0) is 49.1 Å². The Morgan fingerprint density at radius 1 is 0.946 bits per heavy atom. The number of aryl methyl sites for hydroxylation is 2. The van der Waals surface area contributed by atoms with Crippen molar-refractivity contribution in [3.63, 3.8) is 0 Å². The van der Waals surface area contributed by atoms with Gasteiger partial charge in [-0.2, -0.15) is 5.10 Å². The summed E-state index contributed by atoms with van der Waals surface area (Å²) < 4.78 is 14.4. The fourth-order valence-electron chi connectivity index (χ4n) is 3.51. The van der Waals surface area contributed by atoms with Gasteiger partial charge in [-0.15, -0.1) is 5.10 Å². The monoisotopic (exact) mass is 530 g/mol. The summed E-state index contributed by atoms with van der Waals surface area (Å²) in [6.45, 7) is 13.9. The lowest BCUT2D eigenvalue weighted by molar-refractivity contribution is 0.101. The molecule has 0 radical (unpaired) electrons. The number of halogens is 1. The Hall–Kier alpha value is -2.31. The first-order chi connectivity index (χ1) is 17.9. The maximum absolute atomic E-state index is 14.4. The molecule has 4 nitrogen and oxygen atoms in total. The molecular weight excluding hydrogens is 483 g/mol. The van der Waals surface area contributed by atoms with Crippen LogP contribution in [0.4, 0.5) is 4.39 Å². The van der Waals surface area contributed by atoms with Crippen LogP contribution in [0.2, 0.25) is 0 Å². The molecular formula is C31H47FN2O2S. The van der Waals surface area contributed by atoms with Crippen LogP contribution in [0.25, 0.3) is 0 Å². The molecule has 206 valence electrons. The zero-order chi connectivity index (χ0) is 28.2. The number of Topliss-reactive ketones (excluding diaryl/α,β-unsaturated/α-hetero) is 1. The lowest BCUT2D eigenvalue weighted by atomic mass is 10.1. The Kier molecular flexibility index (Phi) is 19.4. The van der Waals surface area contributed by atoms with Gasteiger partial charge in [0, 0.05) is 19.1 Å². The highest BCUT2D eigenvalue weighted by Gasteiger charge is 2.19. The molecule has 1 N–H and O–H groups in total. The van der Waals surface area contributed by atoms with E-state index < -0.39 is 5.82 Å². The molecule has 6 heteroatoms. The van der Waals surface area contributed by atoms with Crippen molar-refractivity contribution in [2.45, 2.75) is 105 Å². The van der Waals surface area contributed by atoms with Crippen molar-refractivity contribution in [3.05, 3.63) is 64.5 Å². The average molecular weight is 531 g/mol. The van der Waals surface area contributed by atoms with Crippen LogP contribution in [-0.4, -0.2) is 28.8 Å². The first kappa shape index (κ1) is 34.7. The van der Waals surface area contributed by atoms with Gasteiger partial charge in [-0.1, -0.05) is 109 Å². The summed E-state index contributed by atoms with van der Waals surface area (Å²) in [5.74, 6) is -0.531. The minimum absolute atomic E-state index is 0.141. The van der Waals surface area contributed by atoms with Gasteiger partial charge in [0.15, 0.2) is 5.78 Å². The van der Waals surface area contributed by atoms with E-state index in [0.717, 1.165) is 35.4 Å². The number of hydrogen-bond acceptors (Lipinski definition) is 5. The van der Waals surface area contributed by atoms with E-state index in [1.165, 1.54) is 68.8 Å². The lowest BCUT2D eigenvalue weighted by Gasteiger charge is -2.09. The minimum Gasteiger partial charge on any atom is -0.400 e. The van der Waals surface area contributed by atoms with Crippen LogP contribution in [0.15, 0.2) is 51.5 Å². The fourth-order valence-corrected chi connectivity index (χ4v) is 4.42. The van der Waals surface area contributed by atoms with E-state index in [1.807, 2.05) is 26.0 Å². The van der Waals surface area contributed by atoms with E-state index >= 15 is 0 Å². The summed E-state index contributed by atoms with van der Waals surface area (Å²) in [7, 11) is 1.00. The molecule has 0 spiro atoms. The van der Waals surface area contributed by atoms with Crippen molar-refractivity contribution in [1.82, 2.24) is 0 Å². The minimum atomic E-state index is -0.390. The number of thioether (sulfide) groups is 1. The number of aliphatic hydroxyl groups is 1. The van der Waals surface area contributed by atoms with Gasteiger partial charge in [-0.25, -0.2) is 4.39 Å². The summed E-state index contributed by atoms with van der Waals surface area (Å²) >= 11 is 1.28. The molecule has 0 saturated heterocycles. The second-order valence-electron chi connectivity index (χ2n) is 8.44. The van der Waals surface area contributed by atoms with Crippen LogP contribution >= 0.6 is 11.8 Å². The molecule has 0 bridgehead atoms. The van der Waals surface area contributed by atoms with Crippen LogP contribution in [0, 0.1) is 12.7 Å². The molecule has 1 aliphatic rings. The number of carbonyl (C=O) groups is 1. The zero-order valence-electron chi connectivity index (χ0n) is 24.2. The second-order valence-corrected chi connectivity index (χ2v) is 9.53. The summed E-state index contributed by atoms with van der Waals surface area (Å²) in [6, 6.07) is 11.3. The maximum Gasteiger partial charge on any atom is 0.159 e. The third-order valence-electron chi connectivity index (χ3n) is 5.61. The Bertz CT molecular complexity index is 956. The normalized spacial score (nSPS) is 11.6. The number of rotatable bonds is 9. The maximum atomic E-state index is 14.4. The Labute approximate surface area is 228 Å². The Balaban J connectivity index is 0.000000917. The van der Waals surface area contributed by atoms with Crippen LogP contribution in [0.3, 0.4) is 0 Å². The number of carbonyl (C=O) groups excluding carboxylic acids is 1. The summed E-state index contributed by atoms with van der Waals surface area (Å²) in [6.07, 6.45) is 10.1. The molecule has 0 saturated carbocycles. The predicted octanol–water partition coefficient (Wildman–Crippen LogP) is 9.20. The van der Waals surface area contributed by atoms with Gasteiger partial charge in [0.1, 0.15) is 10.9 Å². The lowest BCUT2D eigenvalue weighted by Crippen LogP contribution is -2.03. The Morgan fingerprint density at radius 2 is 1.51 bits per heavy atom. The van der Waals surface area contributed by atoms with Crippen LogP contribution < -0.4 is 0 Å². The molecule has 1 aliphatic heterocycles. The number of nitrogens with zero attached hydrogens (tertiary/aromatic N) is 2. The van der Waals surface area contributed by atoms with E-state index in [9.17, 15) is 9.18 Å². The van der Waals surface area contributed by atoms with Crippen molar-refractivity contribution in [2.75, 3.05) is 7.11 Å². The molecule has 0 atom stereocenters. The van der Waals surface area contributed by atoms with E-state index in [1.54, 1.807) is 13.0 Å². The van der Waals surface area contributed by atoms with Crippen molar-refractivity contribution in [1.29, 1.82) is 0 Å². The van der Waals surface area contributed by atoms with Crippen molar-refractivity contribution in [2.24, 2.45) is 10.2 Å². The predicted molar refractivity (Wildman–Crippen MR) is 160 cm³/mol. The standard InChI is InChI=1S/C20H19FN2OS.C8H18.C2H6.CH4O/c1-4-14-5-7-15(8-6-14)18-11-19(23-22-18)25-20-12(2)9-16(13(3)24)10-17(20)21;1-3-5-7-8-6-4-2;2*1-2/h5-10H,4,11H2,1-3H3;3-8H2,1-2H3;1-2H3;2H,1H3. The molecule has 0 amide bonds. The quantitative estimate of drug-likeness (QED) is 0.260. The van der Waals surface area contributed by atoms with Crippen molar-refractivity contribution >= 4 is 28.3 Å². The molecule has 3 rings (SSSR count). The van der Waals surface area contributed by atoms with Crippen LogP contribution in [0.1, 0.15) is 114 Å². The van der Waals surface area contributed by atoms with Gasteiger partial charge >= 0.3 is 0 Å². The van der Waals surface area contributed by atoms with Gasteiger partial charge in [0.05, 0.1) is 10.6 Å². The third kappa shape index (κ3) is 12.7. The van der Waals surface area contributed by atoms with E-state index in [0.29, 0.717) is 16.9 Å². The summed E-state index contributed by atoms with van der Waals surface area (Å²) in [5, 5.41) is 16.2. The molecule has 0 unspecified atom stereocenters. The summed E-state index contributed by atoms with van der Waals surface area (Å²) in [5.41, 5.74) is 4.34.